The van der Waals surface area contributed by atoms with E-state index in [0.29, 0.717) is 105 Å². The van der Waals surface area contributed by atoms with Gasteiger partial charge in [0.25, 0.3) is 0 Å². The van der Waals surface area contributed by atoms with Crippen LogP contribution in [0.4, 0.5) is 31.5 Å². The molecule has 2 saturated carbocycles. The second-order valence-electron chi connectivity index (χ2n) is 18.8. The van der Waals surface area contributed by atoms with Crippen molar-refractivity contribution in [3.05, 3.63) is 157 Å². The third kappa shape index (κ3) is 14.3. The Morgan fingerprint density at radius 1 is 0.470 bits per heavy atom. The summed E-state index contributed by atoms with van der Waals surface area (Å²) in [7, 11) is 6.25. The summed E-state index contributed by atoms with van der Waals surface area (Å²) in [6.07, 6.45) is 2.51. The maximum Gasteiger partial charge on any atom is 0.333 e. The zero-order valence-corrected chi connectivity index (χ0v) is 44.9. The van der Waals surface area contributed by atoms with E-state index < -0.39 is 58.7 Å². The molecule has 1 unspecified atom stereocenters. The number of anilines is 4. The summed E-state index contributed by atoms with van der Waals surface area (Å²) in [4.78, 5) is 79.5. The van der Waals surface area contributed by atoms with Crippen LogP contribution in [0.3, 0.4) is 0 Å². The van der Waals surface area contributed by atoms with E-state index in [1.54, 1.807) is 126 Å². The Morgan fingerprint density at radius 3 is 1.04 bits per heavy atom. The third-order valence-electron chi connectivity index (χ3n) is 13.2. The number of pyridine rings is 2. The maximum absolute atomic E-state index is 13.1. The van der Waals surface area contributed by atoms with E-state index in [1.165, 1.54) is 48.5 Å². The largest absolute Gasteiger partial charge is 0.493 e. The molecular weight excluding hydrogens is 1080 g/mol. The lowest BCUT2D eigenvalue weighted by Crippen LogP contribution is -2.35. The molecule has 8 aromatic rings. The Morgan fingerprint density at radius 2 is 0.771 bits per heavy atom. The molecule has 6 aromatic carbocycles. The van der Waals surface area contributed by atoms with Crippen LogP contribution in [-0.4, -0.2) is 95.4 Å². The topological polar surface area (TPSA) is 292 Å². The molecule has 0 radical (unpaired) electrons. The minimum Gasteiger partial charge on any atom is -0.493 e. The molecule has 428 valence electrons. The number of rotatable bonds is 19. The predicted molar refractivity (Wildman–Crippen MR) is 299 cm³/mol. The number of nitrogens with one attached hydrogen (secondary N) is 4. The van der Waals surface area contributed by atoms with Gasteiger partial charge in [0.05, 0.1) is 45.9 Å². The van der Waals surface area contributed by atoms with Crippen molar-refractivity contribution in [3.8, 4) is 46.0 Å². The molecule has 2 aliphatic carbocycles. The van der Waals surface area contributed by atoms with Crippen LogP contribution < -0.4 is 49.7 Å². The van der Waals surface area contributed by atoms with Crippen molar-refractivity contribution in [1.82, 2.24) is 9.97 Å². The van der Waals surface area contributed by atoms with Gasteiger partial charge >= 0.3 is 11.9 Å². The van der Waals surface area contributed by atoms with Crippen molar-refractivity contribution in [1.29, 1.82) is 0 Å². The first-order valence-corrected chi connectivity index (χ1v) is 25.3. The Bertz CT molecular complexity index is 3470. The number of hydrogen-bond donors (Lipinski definition) is 7. The molecule has 0 bridgehead atoms. The fraction of sp³-hybridized carbons (Fsp3) is 0.200. The number of benzene rings is 6. The summed E-state index contributed by atoms with van der Waals surface area (Å²) in [5.41, 5.74) is 1.03. The molecule has 0 aliphatic heterocycles. The molecule has 10 rings (SSSR count). The van der Waals surface area contributed by atoms with Gasteiger partial charge in [-0.25, -0.2) is 13.6 Å². The highest BCUT2D eigenvalue weighted by molar-refractivity contribution is 6.18. The molecule has 7 N–H and O–H groups in total. The first kappa shape index (κ1) is 58.7. The number of aliphatic carboxylic acids is 2. The van der Waals surface area contributed by atoms with Crippen molar-refractivity contribution in [3.63, 3.8) is 0 Å². The van der Waals surface area contributed by atoms with Gasteiger partial charge in [-0.15, -0.1) is 0 Å². The molecule has 0 saturated heterocycles. The summed E-state index contributed by atoms with van der Waals surface area (Å²) < 4.78 is 59.9. The summed E-state index contributed by atoms with van der Waals surface area (Å²) in [6, 6.07) is 35.2. The van der Waals surface area contributed by atoms with Crippen LogP contribution in [-0.2, 0) is 28.8 Å². The predicted octanol–water partition coefficient (Wildman–Crippen LogP) is 9.99. The number of halogens is 2. The first-order chi connectivity index (χ1) is 39.9. The van der Waals surface area contributed by atoms with Crippen LogP contribution in [0.2, 0.25) is 0 Å². The Hall–Kier alpha value is -10.4. The fourth-order valence-corrected chi connectivity index (χ4v) is 8.23. The van der Waals surface area contributed by atoms with Gasteiger partial charge in [0.2, 0.25) is 23.6 Å². The van der Waals surface area contributed by atoms with Crippen LogP contribution in [0.1, 0.15) is 32.1 Å². The molecule has 2 heterocycles. The zero-order chi connectivity index (χ0) is 59.4. The number of fused-ring (bicyclic) bond motifs is 2. The number of aliphatic hydroxyl groups excluding tert-OH is 1. The lowest BCUT2D eigenvalue weighted by molar-refractivity contribution is -0.152. The number of carbonyl (C=O) groups is 6. The number of amides is 4. The Balaban J connectivity index is 0.000000189. The van der Waals surface area contributed by atoms with Crippen LogP contribution in [0.5, 0.6) is 46.0 Å². The first-order valence-electron chi connectivity index (χ1n) is 25.3. The van der Waals surface area contributed by atoms with Crippen LogP contribution >= 0.6 is 0 Å². The van der Waals surface area contributed by atoms with E-state index in [-0.39, 0.29) is 11.8 Å². The standard InChI is InChI=1S/2C28H24FN3O5.C4H6O5/c2*1-35-24-15-21-22(16-25(24)36-2)30-14-11-23(21)37-20-9-7-19(8-10-20)32-27(34)28(12-13-28)26(33)31-18-5-3-17(29)4-6-18;5-2(4(8)9)1-3(6)7/h2*3-11,14-16H,12-13H2,1-2H3,(H,31,33)(H,32,34);2,5H,1H2,(H,6,7)(H,8,9). The smallest absolute Gasteiger partial charge is 0.333 e. The van der Waals surface area contributed by atoms with Crippen LogP contribution in [0.15, 0.2) is 146 Å². The average Bonchev–Trinajstić information content (AvgIpc) is 4.51. The van der Waals surface area contributed by atoms with Gasteiger partial charge in [0.15, 0.2) is 29.1 Å². The highest BCUT2D eigenvalue weighted by atomic mass is 19.1. The summed E-state index contributed by atoms with van der Waals surface area (Å²) >= 11 is 0. The van der Waals surface area contributed by atoms with Crippen molar-refractivity contribution >= 4 is 80.1 Å². The minimum atomic E-state index is -1.79. The molecule has 2 aliphatic rings. The van der Waals surface area contributed by atoms with Gasteiger partial charge in [-0.05, 0) is 147 Å². The number of aliphatic hydroxyl groups is 1. The van der Waals surface area contributed by atoms with E-state index in [4.69, 9.17) is 43.7 Å². The van der Waals surface area contributed by atoms with Gasteiger partial charge in [-0.1, -0.05) is 0 Å². The molecular formula is C60H54F2N6O15. The molecule has 21 nitrogen and oxygen atoms in total. The number of methoxy groups -OCH3 is 4. The Kier molecular flexibility index (Phi) is 18.2. The lowest BCUT2D eigenvalue weighted by atomic mass is 10.0. The van der Waals surface area contributed by atoms with E-state index in [1.807, 2.05) is 0 Å². The monoisotopic (exact) mass is 1140 g/mol. The van der Waals surface area contributed by atoms with Crippen molar-refractivity contribution in [2.75, 3.05) is 49.7 Å². The number of hydrogen-bond acceptors (Lipinski definition) is 15. The molecule has 83 heavy (non-hydrogen) atoms. The Labute approximate surface area is 472 Å². The normalized spacial score (nSPS) is 13.4. The van der Waals surface area contributed by atoms with E-state index >= 15 is 0 Å². The second kappa shape index (κ2) is 25.8. The van der Waals surface area contributed by atoms with Gasteiger partial charge in [-0.2, -0.15) is 0 Å². The van der Waals surface area contributed by atoms with E-state index in [9.17, 15) is 37.5 Å². The summed E-state index contributed by atoms with van der Waals surface area (Å²) in [5, 5.41) is 36.7. The van der Waals surface area contributed by atoms with E-state index in [2.05, 4.69) is 31.2 Å². The number of ether oxygens (including phenoxy) is 6. The third-order valence-corrected chi connectivity index (χ3v) is 13.2. The molecule has 23 heteroatoms. The van der Waals surface area contributed by atoms with Crippen LogP contribution in [0, 0.1) is 22.5 Å². The number of carbonyl (C=O) groups excluding carboxylic acids is 4. The van der Waals surface area contributed by atoms with E-state index in [0.717, 1.165) is 10.8 Å². The van der Waals surface area contributed by atoms with Crippen molar-refractivity contribution < 1.29 is 81.3 Å². The minimum absolute atomic E-state index is 0.387. The molecule has 4 amide bonds. The summed E-state index contributed by atoms with van der Waals surface area (Å²) in [5.74, 6) is -0.721. The quantitative estimate of drug-likeness (QED) is 0.0371. The second-order valence-corrected chi connectivity index (χ2v) is 18.8. The highest BCUT2D eigenvalue weighted by Crippen LogP contribution is 2.49. The molecule has 2 fully saturated rings. The van der Waals surface area contributed by atoms with Crippen molar-refractivity contribution in [2.45, 2.75) is 38.2 Å². The molecule has 1 atom stereocenters. The fourth-order valence-electron chi connectivity index (χ4n) is 8.23. The summed E-state index contributed by atoms with van der Waals surface area (Å²) in [6.45, 7) is 0. The number of nitrogens with zero attached hydrogens (tertiary/aromatic N) is 2. The number of carboxylic acid groups (broad SMARTS) is 2. The van der Waals surface area contributed by atoms with Gasteiger partial charge in [0.1, 0.15) is 45.5 Å². The van der Waals surface area contributed by atoms with Crippen LogP contribution in [0.25, 0.3) is 21.8 Å². The van der Waals surface area contributed by atoms with Gasteiger partial charge in [-0.3, -0.25) is 33.9 Å². The van der Waals surface area contributed by atoms with Crippen molar-refractivity contribution in [2.24, 2.45) is 10.8 Å². The van der Waals surface area contributed by atoms with Gasteiger partial charge < -0.3 is 65.0 Å². The maximum atomic E-state index is 13.1. The lowest BCUT2D eigenvalue weighted by Gasteiger charge is -2.16. The number of aromatic nitrogens is 2. The SMILES string of the molecule is COc1cc2nccc(Oc3ccc(NC(=O)C4(C(=O)Nc5ccc(F)cc5)CC4)cc3)c2cc1OC.COc1cc2nccc(Oc3ccc(NC(=O)C4(C(=O)Nc5ccc(F)cc5)CC4)cc3)c2cc1OC.O=C(O)CC(O)C(=O)O. The zero-order valence-electron chi connectivity index (χ0n) is 44.9. The average molecular weight is 1140 g/mol. The highest BCUT2D eigenvalue weighted by Gasteiger charge is 2.57. The number of carboxylic acids is 2. The molecule has 0 spiro atoms. The van der Waals surface area contributed by atoms with Gasteiger partial charge in [0, 0.05) is 58.0 Å². The molecule has 2 aromatic heterocycles.